The molecule has 20 heavy (non-hydrogen) atoms. The molecule has 0 amide bonds. The van der Waals surface area contributed by atoms with Crippen LogP contribution in [0.25, 0.3) is 0 Å². The Kier molecular flexibility index (Phi) is 3.95. The molecule has 0 radical (unpaired) electrons. The van der Waals surface area contributed by atoms with Crippen LogP contribution in [0.1, 0.15) is 0 Å². The highest BCUT2D eigenvalue weighted by molar-refractivity contribution is 6.33. The Balaban J connectivity index is 2.32. The molecule has 7 heteroatoms. The van der Waals surface area contributed by atoms with E-state index >= 15 is 0 Å². The number of hydrogen-bond acceptors (Lipinski definition) is 5. The molecule has 2 N–H and O–H groups in total. The molecule has 2 aromatic rings. The zero-order chi connectivity index (χ0) is 14.7. The predicted molar refractivity (Wildman–Crippen MR) is 76.0 cm³/mol. The molecule has 0 spiro atoms. The number of phenolic OH excluding ortho intramolecular Hbond substituents is 1. The van der Waals surface area contributed by atoms with Crippen molar-refractivity contribution in [1.82, 2.24) is 0 Å². The maximum Gasteiger partial charge on any atom is 0.271 e. The second-order valence-electron chi connectivity index (χ2n) is 3.93. The summed E-state index contributed by atoms with van der Waals surface area (Å²) in [5, 5.41) is 23.5. The average molecular weight is 295 g/mol. The number of phenols is 1. The highest BCUT2D eigenvalue weighted by Gasteiger charge is 2.11. The molecular formula is C13H11ClN2O4. The zero-order valence-electron chi connectivity index (χ0n) is 10.5. The number of benzene rings is 2. The number of nitrogens with zero attached hydrogens (tertiary/aromatic N) is 1. The third-order valence-electron chi connectivity index (χ3n) is 2.64. The Morgan fingerprint density at radius 3 is 2.60 bits per heavy atom. The molecule has 0 saturated carbocycles. The zero-order valence-corrected chi connectivity index (χ0v) is 11.2. The highest BCUT2D eigenvalue weighted by Crippen LogP contribution is 2.34. The molecule has 0 heterocycles. The first-order chi connectivity index (χ1) is 9.51. The van der Waals surface area contributed by atoms with E-state index in [2.05, 4.69) is 5.32 Å². The van der Waals surface area contributed by atoms with Crippen molar-refractivity contribution in [2.45, 2.75) is 0 Å². The summed E-state index contributed by atoms with van der Waals surface area (Å²) in [4.78, 5) is 10.1. The Hall–Kier alpha value is -2.47. The standard InChI is InChI=1S/C13H11ClN2O4/c1-20-9-3-5-13(17)12(7-9)15-11-4-2-8(16(18)19)6-10(11)14/h2-7,15,17H,1H3. The third kappa shape index (κ3) is 2.92. The number of aromatic hydroxyl groups is 1. The van der Waals surface area contributed by atoms with E-state index in [4.69, 9.17) is 16.3 Å². The van der Waals surface area contributed by atoms with Gasteiger partial charge in [0.25, 0.3) is 5.69 Å². The van der Waals surface area contributed by atoms with E-state index in [0.717, 1.165) is 0 Å². The molecule has 0 atom stereocenters. The second-order valence-corrected chi connectivity index (χ2v) is 4.34. The first-order valence-electron chi connectivity index (χ1n) is 5.59. The van der Waals surface area contributed by atoms with Gasteiger partial charge in [-0.1, -0.05) is 11.6 Å². The topological polar surface area (TPSA) is 84.6 Å². The molecular weight excluding hydrogens is 284 g/mol. The smallest absolute Gasteiger partial charge is 0.271 e. The minimum absolute atomic E-state index is 0.0141. The molecule has 104 valence electrons. The fourth-order valence-electron chi connectivity index (χ4n) is 1.61. The maximum absolute atomic E-state index is 10.6. The molecule has 0 aliphatic carbocycles. The lowest BCUT2D eigenvalue weighted by Crippen LogP contribution is -1.94. The lowest BCUT2D eigenvalue weighted by Gasteiger charge is -2.11. The van der Waals surface area contributed by atoms with E-state index in [0.29, 0.717) is 17.1 Å². The van der Waals surface area contributed by atoms with E-state index in [1.807, 2.05) is 0 Å². The van der Waals surface area contributed by atoms with E-state index < -0.39 is 4.92 Å². The average Bonchev–Trinajstić information content (AvgIpc) is 2.43. The van der Waals surface area contributed by atoms with Crippen LogP contribution in [0.2, 0.25) is 5.02 Å². The van der Waals surface area contributed by atoms with Gasteiger partial charge in [0.15, 0.2) is 0 Å². The molecule has 0 bridgehead atoms. The van der Waals surface area contributed by atoms with Gasteiger partial charge < -0.3 is 15.2 Å². The maximum atomic E-state index is 10.6. The van der Waals surface area contributed by atoms with Crippen LogP contribution in [-0.4, -0.2) is 17.1 Å². The van der Waals surface area contributed by atoms with Gasteiger partial charge in [-0.15, -0.1) is 0 Å². The summed E-state index contributed by atoms with van der Waals surface area (Å²) in [5.74, 6) is 0.573. The molecule has 0 aromatic heterocycles. The van der Waals surface area contributed by atoms with Crippen LogP contribution in [0.3, 0.4) is 0 Å². The number of hydrogen-bond donors (Lipinski definition) is 2. The third-order valence-corrected chi connectivity index (χ3v) is 2.95. The summed E-state index contributed by atoms with van der Waals surface area (Å²) >= 11 is 5.97. The van der Waals surface area contributed by atoms with Gasteiger partial charge in [-0.2, -0.15) is 0 Å². The Morgan fingerprint density at radius 1 is 1.25 bits per heavy atom. The van der Waals surface area contributed by atoms with Crippen molar-refractivity contribution in [3.05, 3.63) is 51.5 Å². The minimum atomic E-state index is -0.529. The Labute approximate surface area is 119 Å². The first kappa shape index (κ1) is 14.0. The van der Waals surface area contributed by atoms with E-state index in [9.17, 15) is 15.2 Å². The largest absolute Gasteiger partial charge is 0.506 e. The van der Waals surface area contributed by atoms with Gasteiger partial charge in [-0.3, -0.25) is 10.1 Å². The van der Waals surface area contributed by atoms with Gasteiger partial charge in [0.1, 0.15) is 11.5 Å². The van der Waals surface area contributed by atoms with Crippen molar-refractivity contribution in [1.29, 1.82) is 0 Å². The number of nitro groups is 1. The van der Waals surface area contributed by atoms with Gasteiger partial charge in [-0.05, 0) is 18.2 Å². The number of anilines is 2. The summed E-state index contributed by atoms with van der Waals surface area (Å²) < 4.78 is 5.05. The van der Waals surface area contributed by atoms with E-state index in [1.165, 1.54) is 31.4 Å². The first-order valence-corrected chi connectivity index (χ1v) is 5.97. The molecule has 6 nitrogen and oxygen atoms in total. The summed E-state index contributed by atoms with van der Waals surface area (Å²) in [6, 6.07) is 8.71. The lowest BCUT2D eigenvalue weighted by molar-refractivity contribution is -0.384. The van der Waals surface area contributed by atoms with Crippen molar-refractivity contribution in [2.24, 2.45) is 0 Å². The highest BCUT2D eigenvalue weighted by atomic mass is 35.5. The molecule has 2 aromatic carbocycles. The van der Waals surface area contributed by atoms with Crippen LogP contribution >= 0.6 is 11.6 Å². The van der Waals surface area contributed by atoms with Gasteiger partial charge in [0.05, 0.1) is 28.4 Å². The SMILES string of the molecule is COc1ccc(O)c(Nc2ccc([N+](=O)[O-])cc2Cl)c1. The molecule has 0 saturated heterocycles. The fourth-order valence-corrected chi connectivity index (χ4v) is 1.83. The van der Waals surface area contributed by atoms with Crippen molar-refractivity contribution < 1.29 is 14.8 Å². The summed E-state index contributed by atoms with van der Waals surface area (Å²) in [7, 11) is 1.51. The fraction of sp³-hybridized carbons (Fsp3) is 0.0769. The predicted octanol–water partition coefficient (Wildman–Crippen LogP) is 3.71. The monoisotopic (exact) mass is 294 g/mol. The Morgan fingerprint density at radius 2 is 2.00 bits per heavy atom. The number of halogens is 1. The number of ether oxygens (including phenoxy) is 1. The number of nitrogens with one attached hydrogen (secondary N) is 1. The van der Waals surface area contributed by atoms with Crippen LogP contribution in [0.4, 0.5) is 17.1 Å². The van der Waals surface area contributed by atoms with Crippen LogP contribution < -0.4 is 10.1 Å². The number of nitro benzene ring substituents is 1. The van der Waals surface area contributed by atoms with Crippen molar-refractivity contribution in [3.8, 4) is 11.5 Å². The van der Waals surface area contributed by atoms with Crippen molar-refractivity contribution >= 4 is 28.7 Å². The molecule has 0 unspecified atom stereocenters. The van der Waals surface area contributed by atoms with E-state index in [1.54, 1.807) is 12.1 Å². The van der Waals surface area contributed by atoms with Gasteiger partial charge >= 0.3 is 0 Å². The number of rotatable bonds is 4. The summed E-state index contributed by atoms with van der Waals surface area (Å²) in [6.07, 6.45) is 0. The molecule has 2 rings (SSSR count). The molecule has 0 aliphatic heterocycles. The van der Waals surface area contributed by atoms with Crippen LogP contribution in [-0.2, 0) is 0 Å². The second kappa shape index (κ2) is 5.66. The molecule has 0 aliphatic rings. The number of non-ortho nitro benzene ring substituents is 1. The number of methoxy groups -OCH3 is 1. The summed E-state index contributed by atoms with van der Waals surface area (Å²) in [5.41, 5.74) is 0.733. The van der Waals surface area contributed by atoms with E-state index in [-0.39, 0.29) is 16.5 Å². The quantitative estimate of drug-likeness (QED) is 0.510. The van der Waals surface area contributed by atoms with Crippen molar-refractivity contribution in [2.75, 3.05) is 12.4 Å². The minimum Gasteiger partial charge on any atom is -0.506 e. The molecule has 0 fully saturated rings. The lowest BCUT2D eigenvalue weighted by atomic mass is 10.2. The van der Waals surface area contributed by atoms with Crippen LogP contribution in [0, 0.1) is 10.1 Å². The van der Waals surface area contributed by atoms with Crippen LogP contribution in [0.5, 0.6) is 11.5 Å². The summed E-state index contributed by atoms with van der Waals surface area (Å²) in [6.45, 7) is 0. The Bertz CT molecular complexity index is 661. The van der Waals surface area contributed by atoms with Gasteiger partial charge in [0, 0.05) is 18.2 Å². The van der Waals surface area contributed by atoms with Gasteiger partial charge in [0.2, 0.25) is 0 Å². The normalized spacial score (nSPS) is 10.1. The van der Waals surface area contributed by atoms with Crippen molar-refractivity contribution in [3.63, 3.8) is 0 Å². The van der Waals surface area contributed by atoms with Crippen LogP contribution in [0.15, 0.2) is 36.4 Å². The van der Waals surface area contributed by atoms with Gasteiger partial charge in [-0.25, -0.2) is 0 Å².